The van der Waals surface area contributed by atoms with Gasteiger partial charge in [0.15, 0.2) is 9.84 Å². The van der Waals surface area contributed by atoms with Gasteiger partial charge in [-0.1, -0.05) is 26.7 Å². The monoisotopic (exact) mass is 273 g/mol. The van der Waals surface area contributed by atoms with Gasteiger partial charge < -0.3 is 4.90 Å². The van der Waals surface area contributed by atoms with E-state index < -0.39 is 9.84 Å². The summed E-state index contributed by atoms with van der Waals surface area (Å²) in [6.07, 6.45) is 6.71. The Bertz CT molecular complexity index is 369. The van der Waals surface area contributed by atoms with Crippen molar-refractivity contribution in [1.29, 1.82) is 0 Å². The maximum atomic E-state index is 11.5. The molecule has 1 spiro atoms. The summed E-state index contributed by atoms with van der Waals surface area (Å²) < 4.78 is 23.1. The molecular weight excluding hydrogens is 246 g/mol. The van der Waals surface area contributed by atoms with Gasteiger partial charge in [0.05, 0.1) is 5.75 Å². The van der Waals surface area contributed by atoms with Crippen molar-refractivity contribution in [2.24, 2.45) is 11.3 Å². The van der Waals surface area contributed by atoms with E-state index in [9.17, 15) is 8.42 Å². The van der Waals surface area contributed by atoms with Crippen LogP contribution in [0.4, 0.5) is 0 Å². The van der Waals surface area contributed by atoms with Crippen LogP contribution in [0.1, 0.15) is 46.0 Å². The number of nitrogens with zero attached hydrogens (tertiary/aromatic N) is 1. The van der Waals surface area contributed by atoms with Gasteiger partial charge in [-0.05, 0) is 37.1 Å². The average Bonchev–Trinajstić information content (AvgIpc) is 2.75. The van der Waals surface area contributed by atoms with Crippen LogP contribution < -0.4 is 0 Å². The van der Waals surface area contributed by atoms with Gasteiger partial charge in [-0.2, -0.15) is 0 Å². The van der Waals surface area contributed by atoms with Crippen LogP contribution in [0.25, 0.3) is 0 Å². The number of rotatable bonds is 4. The first kappa shape index (κ1) is 14.3. The molecule has 2 aliphatic rings. The van der Waals surface area contributed by atoms with Gasteiger partial charge in [0.1, 0.15) is 0 Å². The Labute approximate surface area is 112 Å². The third kappa shape index (κ3) is 3.47. The van der Waals surface area contributed by atoms with Crippen molar-refractivity contribution in [2.75, 3.05) is 31.1 Å². The van der Waals surface area contributed by atoms with Crippen molar-refractivity contribution in [3.8, 4) is 0 Å². The normalized spacial score (nSPS) is 34.2. The first-order valence-electron chi connectivity index (χ1n) is 7.37. The fourth-order valence-corrected chi connectivity index (χ4v) is 4.24. The predicted octanol–water partition coefficient (Wildman–Crippen LogP) is 2.32. The lowest BCUT2D eigenvalue weighted by atomic mass is 9.70. The molecule has 0 aromatic heterocycles. The largest absolute Gasteiger partial charge is 0.302 e. The first-order chi connectivity index (χ1) is 8.45. The van der Waals surface area contributed by atoms with Gasteiger partial charge in [0, 0.05) is 18.8 Å². The van der Waals surface area contributed by atoms with Gasteiger partial charge >= 0.3 is 0 Å². The highest BCUT2D eigenvalue weighted by atomic mass is 32.2. The molecule has 1 aliphatic carbocycles. The summed E-state index contributed by atoms with van der Waals surface area (Å²) in [6.45, 7) is 7.08. The van der Waals surface area contributed by atoms with Crippen LogP contribution in [-0.2, 0) is 9.84 Å². The van der Waals surface area contributed by atoms with Gasteiger partial charge in [0.25, 0.3) is 0 Å². The highest BCUT2D eigenvalue weighted by molar-refractivity contribution is 7.91. The number of sulfone groups is 1. The lowest BCUT2D eigenvalue weighted by Crippen LogP contribution is -2.33. The molecule has 18 heavy (non-hydrogen) atoms. The minimum absolute atomic E-state index is 0.281. The Morgan fingerprint density at radius 1 is 1.22 bits per heavy atom. The van der Waals surface area contributed by atoms with Crippen molar-refractivity contribution >= 4 is 9.84 Å². The van der Waals surface area contributed by atoms with E-state index in [1.165, 1.54) is 32.1 Å². The Morgan fingerprint density at radius 3 is 2.50 bits per heavy atom. The minimum Gasteiger partial charge on any atom is -0.302 e. The fraction of sp³-hybridized carbons (Fsp3) is 1.00. The molecule has 4 heteroatoms. The maximum Gasteiger partial charge on any atom is 0.151 e. The summed E-state index contributed by atoms with van der Waals surface area (Å²) in [4.78, 5) is 2.38. The number of likely N-dealkylation sites (tertiary alicyclic amines) is 1. The molecule has 0 aromatic rings. The second-order valence-corrected chi connectivity index (χ2v) is 8.92. The molecule has 1 heterocycles. The molecule has 0 atom stereocenters. The van der Waals surface area contributed by atoms with Crippen molar-refractivity contribution in [1.82, 2.24) is 4.90 Å². The second kappa shape index (κ2) is 5.49. The summed E-state index contributed by atoms with van der Waals surface area (Å²) in [7, 11) is -2.80. The molecule has 1 saturated carbocycles. The Morgan fingerprint density at radius 2 is 1.89 bits per heavy atom. The first-order valence-corrected chi connectivity index (χ1v) is 9.20. The second-order valence-electron chi connectivity index (χ2n) is 6.45. The molecule has 1 saturated heterocycles. The lowest BCUT2D eigenvalue weighted by Gasteiger charge is -2.36. The number of hydrogen-bond donors (Lipinski definition) is 0. The molecule has 0 aromatic carbocycles. The predicted molar refractivity (Wildman–Crippen MR) is 75.4 cm³/mol. The van der Waals surface area contributed by atoms with Crippen LogP contribution in [0, 0.1) is 11.3 Å². The van der Waals surface area contributed by atoms with E-state index in [2.05, 4.69) is 11.8 Å². The molecule has 0 radical (unpaired) electrons. The topological polar surface area (TPSA) is 37.4 Å². The smallest absolute Gasteiger partial charge is 0.151 e. The summed E-state index contributed by atoms with van der Waals surface area (Å²) in [5, 5.41) is 0. The van der Waals surface area contributed by atoms with Crippen LogP contribution in [0.3, 0.4) is 0 Å². The zero-order valence-corrected chi connectivity index (χ0v) is 12.6. The van der Waals surface area contributed by atoms with E-state index in [0.717, 1.165) is 25.6 Å². The Balaban J connectivity index is 1.82. The van der Waals surface area contributed by atoms with Crippen LogP contribution in [0.2, 0.25) is 0 Å². The minimum atomic E-state index is -2.80. The Hall–Kier alpha value is -0.0900. The zero-order valence-electron chi connectivity index (χ0n) is 11.8. The van der Waals surface area contributed by atoms with Crippen molar-refractivity contribution in [3.63, 3.8) is 0 Å². The van der Waals surface area contributed by atoms with Crippen LogP contribution >= 0.6 is 0 Å². The molecule has 0 bridgehead atoms. The molecule has 0 amide bonds. The third-order valence-electron chi connectivity index (χ3n) is 5.01. The van der Waals surface area contributed by atoms with E-state index >= 15 is 0 Å². The molecule has 1 aliphatic heterocycles. The third-order valence-corrected chi connectivity index (χ3v) is 6.69. The highest BCUT2D eigenvalue weighted by Crippen LogP contribution is 2.45. The summed E-state index contributed by atoms with van der Waals surface area (Å²) in [6, 6.07) is 0. The van der Waals surface area contributed by atoms with Crippen LogP contribution in [0.5, 0.6) is 0 Å². The molecule has 0 N–H and O–H groups in total. The van der Waals surface area contributed by atoms with Gasteiger partial charge in [-0.3, -0.25) is 0 Å². The van der Waals surface area contributed by atoms with Gasteiger partial charge in [0.2, 0.25) is 0 Å². The SMILES string of the molecule is CCS(=O)(=O)CCN1CCC2(CCC(C)CC2)C1. The van der Waals surface area contributed by atoms with E-state index in [1.807, 2.05) is 0 Å². The molecule has 2 rings (SSSR count). The average molecular weight is 273 g/mol. The zero-order chi connectivity index (χ0) is 13.2. The molecule has 106 valence electrons. The summed E-state index contributed by atoms with van der Waals surface area (Å²) in [5.41, 5.74) is 0.530. The van der Waals surface area contributed by atoms with Crippen molar-refractivity contribution < 1.29 is 8.42 Å². The number of hydrogen-bond acceptors (Lipinski definition) is 3. The van der Waals surface area contributed by atoms with Gasteiger partial charge in [-0.25, -0.2) is 8.42 Å². The molecule has 2 fully saturated rings. The Kier molecular flexibility index (Phi) is 4.37. The standard InChI is InChI=1S/C14H27NO2S/c1-3-18(16,17)11-10-15-9-8-14(12-15)6-4-13(2)5-7-14/h13H,3-12H2,1-2H3. The van der Waals surface area contributed by atoms with Crippen molar-refractivity contribution in [2.45, 2.75) is 46.0 Å². The molecule has 0 unspecified atom stereocenters. The summed E-state index contributed by atoms with van der Waals surface area (Å²) in [5.74, 6) is 1.52. The highest BCUT2D eigenvalue weighted by Gasteiger charge is 2.39. The van der Waals surface area contributed by atoms with Gasteiger partial charge in [-0.15, -0.1) is 0 Å². The fourth-order valence-electron chi connectivity index (χ4n) is 3.41. The van der Waals surface area contributed by atoms with E-state index in [4.69, 9.17) is 0 Å². The maximum absolute atomic E-state index is 11.5. The van der Waals surface area contributed by atoms with E-state index in [1.54, 1.807) is 6.92 Å². The quantitative estimate of drug-likeness (QED) is 0.789. The lowest BCUT2D eigenvalue weighted by molar-refractivity contribution is 0.158. The van der Waals surface area contributed by atoms with E-state index in [-0.39, 0.29) is 5.75 Å². The van der Waals surface area contributed by atoms with Crippen LogP contribution in [0.15, 0.2) is 0 Å². The summed E-state index contributed by atoms with van der Waals surface area (Å²) >= 11 is 0. The molecule has 3 nitrogen and oxygen atoms in total. The van der Waals surface area contributed by atoms with Crippen LogP contribution in [-0.4, -0.2) is 44.5 Å². The molecular formula is C14H27NO2S. The van der Waals surface area contributed by atoms with Crippen molar-refractivity contribution in [3.05, 3.63) is 0 Å². The van der Waals surface area contributed by atoms with E-state index in [0.29, 0.717) is 11.2 Å².